The number of hydrogen-bond donors (Lipinski definition) is 3. The molecule has 2 rings (SSSR count). The third-order valence-corrected chi connectivity index (χ3v) is 3.88. The van der Waals surface area contributed by atoms with Crippen molar-refractivity contribution < 1.29 is 9.90 Å². The van der Waals surface area contributed by atoms with Gasteiger partial charge < -0.3 is 16.2 Å². The molecule has 1 aromatic carbocycles. The van der Waals surface area contributed by atoms with E-state index >= 15 is 0 Å². The average molecular weight is 262 g/mol. The van der Waals surface area contributed by atoms with E-state index in [9.17, 15) is 4.79 Å². The first kappa shape index (κ1) is 14.0. The van der Waals surface area contributed by atoms with Crippen molar-refractivity contribution in [3.63, 3.8) is 0 Å². The van der Waals surface area contributed by atoms with Gasteiger partial charge in [0.05, 0.1) is 12.1 Å². The van der Waals surface area contributed by atoms with Crippen molar-refractivity contribution in [1.29, 1.82) is 0 Å². The minimum absolute atomic E-state index is 0.00652. The zero-order valence-electron chi connectivity index (χ0n) is 11.4. The summed E-state index contributed by atoms with van der Waals surface area (Å²) in [7, 11) is 0. The van der Waals surface area contributed by atoms with Crippen molar-refractivity contribution in [2.45, 2.75) is 44.8 Å². The normalized spacial score (nSPS) is 27.0. The smallest absolute Gasteiger partial charge is 0.244 e. The molecule has 1 aliphatic rings. The molecule has 0 heterocycles. The maximum absolute atomic E-state index is 12.3. The number of anilines is 1. The number of aliphatic hydroxyl groups excluding tert-OH is 1. The molecule has 0 aliphatic heterocycles. The van der Waals surface area contributed by atoms with Gasteiger partial charge in [0.25, 0.3) is 0 Å². The quantitative estimate of drug-likeness (QED) is 0.780. The number of carbonyl (C=O) groups is 1. The Bertz CT molecular complexity index is 444. The van der Waals surface area contributed by atoms with E-state index < -0.39 is 5.54 Å². The molecule has 1 saturated carbocycles. The number of nitrogens with two attached hydrogens (primary N) is 1. The predicted molar refractivity (Wildman–Crippen MR) is 75.5 cm³/mol. The molecule has 4 nitrogen and oxygen atoms in total. The molecule has 0 bridgehead atoms. The number of amides is 1. The summed E-state index contributed by atoms with van der Waals surface area (Å²) in [5.74, 6) is 0.400. The minimum Gasteiger partial charge on any atom is -0.392 e. The zero-order valence-corrected chi connectivity index (χ0v) is 11.4. The molecule has 104 valence electrons. The van der Waals surface area contributed by atoms with Crippen molar-refractivity contribution in [1.82, 2.24) is 0 Å². The molecular formula is C15H22N2O2. The zero-order chi connectivity index (χ0) is 13.9. The van der Waals surface area contributed by atoms with Crippen molar-refractivity contribution in [2.24, 2.45) is 11.7 Å². The number of carbonyl (C=O) groups excluding carboxylic acids is 1. The lowest BCUT2D eigenvalue weighted by atomic mass is 9.76. The lowest BCUT2D eigenvalue weighted by molar-refractivity contribution is -0.122. The Morgan fingerprint density at radius 3 is 2.74 bits per heavy atom. The molecule has 0 saturated heterocycles. The maximum Gasteiger partial charge on any atom is 0.244 e. The van der Waals surface area contributed by atoms with Gasteiger partial charge in [-0.3, -0.25) is 4.79 Å². The molecule has 2 atom stereocenters. The van der Waals surface area contributed by atoms with Gasteiger partial charge in [0, 0.05) is 5.69 Å². The van der Waals surface area contributed by atoms with Crippen LogP contribution in [0.25, 0.3) is 0 Å². The van der Waals surface area contributed by atoms with Gasteiger partial charge in [-0.15, -0.1) is 0 Å². The molecular weight excluding hydrogens is 240 g/mol. The summed E-state index contributed by atoms with van der Waals surface area (Å²) in [6.07, 6.45) is 3.65. The number of benzene rings is 1. The standard InChI is InChI=1S/C15H22N2O2/c1-11-3-2-8-15(16,9-11)14(19)17-13-6-4-12(10-18)5-7-13/h4-7,11,18H,2-3,8-10,16H2,1H3,(H,17,19). The molecule has 4 heteroatoms. The third kappa shape index (κ3) is 3.33. The SMILES string of the molecule is CC1CCCC(N)(C(=O)Nc2ccc(CO)cc2)C1. The average Bonchev–Trinajstić information content (AvgIpc) is 2.39. The first-order valence-electron chi connectivity index (χ1n) is 6.83. The first-order valence-corrected chi connectivity index (χ1v) is 6.83. The Balaban J connectivity index is 2.03. The van der Waals surface area contributed by atoms with E-state index in [1.54, 1.807) is 24.3 Å². The van der Waals surface area contributed by atoms with Gasteiger partial charge >= 0.3 is 0 Å². The highest BCUT2D eigenvalue weighted by Crippen LogP contribution is 2.31. The fraction of sp³-hybridized carbons (Fsp3) is 0.533. The summed E-state index contributed by atoms with van der Waals surface area (Å²) in [5.41, 5.74) is 7.05. The summed E-state index contributed by atoms with van der Waals surface area (Å²) in [6.45, 7) is 2.15. The second-order valence-electron chi connectivity index (χ2n) is 5.67. The van der Waals surface area contributed by atoms with Crippen LogP contribution in [0.2, 0.25) is 0 Å². The van der Waals surface area contributed by atoms with E-state index in [4.69, 9.17) is 10.8 Å². The van der Waals surface area contributed by atoms with Gasteiger partial charge in [-0.25, -0.2) is 0 Å². The van der Waals surface area contributed by atoms with Gasteiger partial charge in [0.15, 0.2) is 0 Å². The van der Waals surface area contributed by atoms with Gasteiger partial charge in [-0.05, 0) is 36.5 Å². The molecule has 4 N–H and O–H groups in total. The fourth-order valence-corrected chi connectivity index (χ4v) is 2.75. The van der Waals surface area contributed by atoms with Gasteiger partial charge in [0.2, 0.25) is 5.91 Å². The Kier molecular flexibility index (Phi) is 4.22. The van der Waals surface area contributed by atoms with Crippen molar-refractivity contribution in [3.05, 3.63) is 29.8 Å². The monoisotopic (exact) mass is 262 g/mol. The molecule has 1 aliphatic carbocycles. The Morgan fingerprint density at radius 1 is 1.47 bits per heavy atom. The second-order valence-corrected chi connectivity index (χ2v) is 5.67. The highest BCUT2D eigenvalue weighted by Gasteiger charge is 2.37. The van der Waals surface area contributed by atoms with Crippen LogP contribution < -0.4 is 11.1 Å². The number of rotatable bonds is 3. The van der Waals surface area contributed by atoms with Crippen LogP contribution in [0.15, 0.2) is 24.3 Å². The number of hydrogen-bond acceptors (Lipinski definition) is 3. The highest BCUT2D eigenvalue weighted by molar-refractivity contribution is 5.98. The summed E-state index contributed by atoms with van der Waals surface area (Å²) in [6, 6.07) is 7.17. The van der Waals surface area contributed by atoms with E-state index in [1.165, 1.54) is 0 Å². The molecule has 1 aromatic rings. The summed E-state index contributed by atoms with van der Waals surface area (Å²) >= 11 is 0. The molecule has 19 heavy (non-hydrogen) atoms. The van der Waals surface area contributed by atoms with Crippen molar-refractivity contribution >= 4 is 11.6 Å². The van der Waals surface area contributed by atoms with Crippen LogP contribution in [0.4, 0.5) is 5.69 Å². The van der Waals surface area contributed by atoms with E-state index in [2.05, 4.69) is 12.2 Å². The van der Waals surface area contributed by atoms with Crippen LogP contribution in [0.3, 0.4) is 0 Å². The fourth-order valence-electron chi connectivity index (χ4n) is 2.75. The van der Waals surface area contributed by atoms with Crippen molar-refractivity contribution in [2.75, 3.05) is 5.32 Å². The molecule has 0 aromatic heterocycles. The van der Waals surface area contributed by atoms with Crippen LogP contribution in [0, 0.1) is 5.92 Å². The molecule has 0 radical (unpaired) electrons. The molecule has 1 fully saturated rings. The van der Waals surface area contributed by atoms with Crippen LogP contribution >= 0.6 is 0 Å². The molecule has 0 spiro atoms. The van der Waals surface area contributed by atoms with Crippen LogP contribution in [0.1, 0.15) is 38.2 Å². The topological polar surface area (TPSA) is 75.4 Å². The third-order valence-electron chi connectivity index (χ3n) is 3.88. The lowest BCUT2D eigenvalue weighted by Gasteiger charge is -2.35. The summed E-state index contributed by atoms with van der Waals surface area (Å²) < 4.78 is 0. The Morgan fingerprint density at radius 2 is 2.16 bits per heavy atom. The minimum atomic E-state index is -0.743. The van der Waals surface area contributed by atoms with E-state index in [-0.39, 0.29) is 12.5 Å². The lowest BCUT2D eigenvalue weighted by Crippen LogP contribution is -2.53. The van der Waals surface area contributed by atoms with Gasteiger partial charge in [-0.1, -0.05) is 31.9 Å². The maximum atomic E-state index is 12.3. The highest BCUT2D eigenvalue weighted by atomic mass is 16.3. The van der Waals surface area contributed by atoms with Gasteiger partial charge in [-0.2, -0.15) is 0 Å². The summed E-state index contributed by atoms with van der Waals surface area (Å²) in [4.78, 5) is 12.3. The predicted octanol–water partition coefficient (Wildman–Crippen LogP) is 2.02. The van der Waals surface area contributed by atoms with E-state index in [0.717, 1.165) is 36.9 Å². The first-order chi connectivity index (χ1) is 9.03. The van der Waals surface area contributed by atoms with Crippen LogP contribution in [-0.4, -0.2) is 16.6 Å². The number of nitrogens with one attached hydrogen (secondary N) is 1. The number of aliphatic hydroxyl groups is 1. The summed E-state index contributed by atoms with van der Waals surface area (Å²) in [5, 5.41) is 11.9. The molecule has 1 amide bonds. The van der Waals surface area contributed by atoms with Gasteiger partial charge in [0.1, 0.15) is 0 Å². The van der Waals surface area contributed by atoms with Crippen molar-refractivity contribution in [3.8, 4) is 0 Å². The van der Waals surface area contributed by atoms with E-state index in [1.807, 2.05) is 0 Å². The van der Waals surface area contributed by atoms with E-state index in [0.29, 0.717) is 5.92 Å². The van der Waals surface area contributed by atoms with Crippen LogP contribution in [-0.2, 0) is 11.4 Å². The Hall–Kier alpha value is -1.39. The largest absolute Gasteiger partial charge is 0.392 e. The van der Waals surface area contributed by atoms with Crippen LogP contribution in [0.5, 0.6) is 0 Å². The Labute approximate surface area is 114 Å². The second kappa shape index (κ2) is 5.72. The molecule has 2 unspecified atom stereocenters.